The van der Waals surface area contributed by atoms with E-state index in [1.165, 1.54) is 180 Å². The first kappa shape index (κ1) is 77.4. The number of aliphatic hydroxyl groups is 1. The number of phosphoric acid groups is 1. The van der Waals surface area contributed by atoms with Crippen LogP contribution >= 0.6 is 7.82 Å². The third-order valence-electron chi connectivity index (χ3n) is 14.7. The van der Waals surface area contributed by atoms with Crippen LogP contribution in [0.1, 0.15) is 329 Å². The molecule has 0 radical (unpaired) electrons. The quantitative estimate of drug-likeness (QED) is 0.0197. The predicted octanol–water partition coefficient (Wildman–Crippen LogP) is 20.5. The van der Waals surface area contributed by atoms with Gasteiger partial charge in [0.15, 0.2) is 6.10 Å². The van der Waals surface area contributed by atoms with E-state index in [0.717, 1.165) is 89.9 Å². The lowest BCUT2D eigenvalue weighted by molar-refractivity contribution is -0.161. The van der Waals surface area contributed by atoms with Gasteiger partial charge in [0.2, 0.25) is 0 Å². The Bertz CT molecular complexity index is 1530. The number of rotatable bonds is 63. The minimum Gasteiger partial charge on any atom is -0.462 e. The summed E-state index contributed by atoms with van der Waals surface area (Å²) in [7, 11) is -4.75. The molecule has 80 heavy (non-hydrogen) atoms. The molecule has 3 atom stereocenters. The van der Waals surface area contributed by atoms with Crippen LogP contribution in [0.2, 0.25) is 0 Å². The van der Waals surface area contributed by atoms with Crippen LogP contribution in [0.5, 0.6) is 0 Å². The number of carbonyl (C=O) groups excluding carboxylic acids is 3. The number of ether oxygens (including phenoxy) is 3. The molecular weight excluding hydrogens is 1020 g/mol. The molecule has 0 aromatic carbocycles. The summed E-state index contributed by atoms with van der Waals surface area (Å²) in [6.45, 7) is 4.60. The molecule has 0 fully saturated rings. The highest BCUT2D eigenvalue weighted by Crippen LogP contribution is 2.43. The summed E-state index contributed by atoms with van der Waals surface area (Å²) in [5.74, 6) is -1.45. The van der Waals surface area contributed by atoms with E-state index < -0.39 is 57.8 Å². The second-order valence-electron chi connectivity index (χ2n) is 22.6. The molecule has 0 heterocycles. The van der Waals surface area contributed by atoms with Gasteiger partial charge in [-0.1, -0.05) is 281 Å². The van der Waals surface area contributed by atoms with Gasteiger partial charge in [0.1, 0.15) is 12.7 Å². The molecule has 0 aliphatic rings. The van der Waals surface area contributed by atoms with Crippen molar-refractivity contribution in [2.24, 2.45) is 0 Å². The molecule has 0 saturated heterocycles. The van der Waals surface area contributed by atoms with E-state index in [2.05, 4.69) is 69.4 Å². The van der Waals surface area contributed by atoms with Gasteiger partial charge in [-0.05, 0) is 77.0 Å². The largest absolute Gasteiger partial charge is 0.472 e. The molecule has 0 bridgehead atoms. The highest BCUT2D eigenvalue weighted by atomic mass is 31.2. The number of esters is 3. The third kappa shape index (κ3) is 60.0. The minimum atomic E-state index is -4.75. The first-order valence-corrected chi connectivity index (χ1v) is 35.0. The second-order valence-corrected chi connectivity index (χ2v) is 24.1. The van der Waals surface area contributed by atoms with Gasteiger partial charge in [0, 0.05) is 19.3 Å². The molecule has 12 heteroatoms. The van der Waals surface area contributed by atoms with Gasteiger partial charge in [-0.15, -0.1) is 0 Å². The molecular formula is C68H125O11P. The first-order valence-electron chi connectivity index (χ1n) is 33.5. The zero-order valence-corrected chi connectivity index (χ0v) is 53.0. The lowest BCUT2D eigenvalue weighted by Crippen LogP contribution is -2.30. The lowest BCUT2D eigenvalue weighted by atomic mass is 10.0. The van der Waals surface area contributed by atoms with Crippen molar-refractivity contribution in [2.45, 2.75) is 341 Å². The molecule has 3 unspecified atom stereocenters. The van der Waals surface area contributed by atoms with E-state index >= 15 is 0 Å². The number of hydrogen-bond acceptors (Lipinski definition) is 10. The Morgan fingerprint density at radius 2 is 0.650 bits per heavy atom. The van der Waals surface area contributed by atoms with E-state index in [1.54, 1.807) is 0 Å². The topological polar surface area (TPSA) is 155 Å². The summed E-state index contributed by atoms with van der Waals surface area (Å²) in [5, 5.41) is 9.86. The molecule has 0 spiro atoms. The summed E-state index contributed by atoms with van der Waals surface area (Å²) in [4.78, 5) is 48.8. The molecule has 0 aliphatic carbocycles. The van der Waals surface area contributed by atoms with Crippen molar-refractivity contribution in [2.75, 3.05) is 26.4 Å². The Labute approximate surface area is 492 Å². The summed E-state index contributed by atoms with van der Waals surface area (Å²) >= 11 is 0. The number of carbonyl (C=O) groups is 3. The van der Waals surface area contributed by atoms with Crippen molar-refractivity contribution < 1.29 is 52.2 Å². The van der Waals surface area contributed by atoms with Crippen LogP contribution in [0.3, 0.4) is 0 Å². The number of aliphatic hydroxyl groups excluding tert-OH is 1. The van der Waals surface area contributed by atoms with E-state index in [4.69, 9.17) is 23.3 Å². The Balaban J connectivity index is 4.66. The first-order chi connectivity index (χ1) is 39.2. The fourth-order valence-electron chi connectivity index (χ4n) is 9.66. The average molecular weight is 1150 g/mol. The van der Waals surface area contributed by atoms with Crippen LogP contribution in [0.25, 0.3) is 0 Å². The van der Waals surface area contributed by atoms with Crippen LogP contribution in [-0.2, 0) is 42.2 Å². The van der Waals surface area contributed by atoms with Gasteiger partial charge < -0.3 is 24.2 Å². The summed E-state index contributed by atoms with van der Waals surface area (Å²) in [6.07, 6.45) is 69.1. The van der Waals surface area contributed by atoms with Crippen molar-refractivity contribution in [1.29, 1.82) is 0 Å². The van der Waals surface area contributed by atoms with Crippen molar-refractivity contribution in [3.8, 4) is 0 Å². The van der Waals surface area contributed by atoms with Gasteiger partial charge in [0.25, 0.3) is 0 Å². The van der Waals surface area contributed by atoms with Gasteiger partial charge in [0.05, 0.1) is 19.8 Å². The van der Waals surface area contributed by atoms with E-state index in [0.29, 0.717) is 19.3 Å². The zero-order valence-electron chi connectivity index (χ0n) is 52.1. The molecule has 468 valence electrons. The summed E-state index contributed by atoms with van der Waals surface area (Å²) in [5.41, 5.74) is 0. The van der Waals surface area contributed by atoms with E-state index in [1.807, 2.05) is 0 Å². The molecule has 2 N–H and O–H groups in total. The number of allylic oxidation sites excluding steroid dienone is 8. The molecule has 0 saturated carbocycles. The van der Waals surface area contributed by atoms with Crippen molar-refractivity contribution in [3.63, 3.8) is 0 Å². The maximum absolute atomic E-state index is 13.0. The second kappa shape index (κ2) is 62.5. The smallest absolute Gasteiger partial charge is 0.462 e. The van der Waals surface area contributed by atoms with Gasteiger partial charge in [-0.2, -0.15) is 0 Å². The molecule has 0 aromatic heterocycles. The van der Waals surface area contributed by atoms with Crippen LogP contribution in [-0.4, -0.2) is 66.5 Å². The SMILES string of the molecule is CC/C=C\C/C=C\C/C=C\CCCCCCCCCC(=O)OC(CO)COP(=O)(O)OCC(COC(=O)CCCCCCCCCCCCCCCCCCC)OC(=O)CCCCCCCCCCC/C=C\CCCCCCCC. The maximum atomic E-state index is 13.0. The van der Waals surface area contributed by atoms with Crippen LogP contribution in [0, 0.1) is 0 Å². The van der Waals surface area contributed by atoms with Gasteiger partial charge >= 0.3 is 25.7 Å². The van der Waals surface area contributed by atoms with Gasteiger partial charge in [-0.25, -0.2) is 4.57 Å². The molecule has 0 aromatic rings. The van der Waals surface area contributed by atoms with Crippen LogP contribution in [0.15, 0.2) is 48.6 Å². The lowest BCUT2D eigenvalue weighted by Gasteiger charge is -2.21. The highest BCUT2D eigenvalue weighted by Gasteiger charge is 2.28. The number of unbranched alkanes of at least 4 members (excludes halogenated alkanes) is 38. The Hall–Kier alpha value is -2.56. The third-order valence-corrected chi connectivity index (χ3v) is 15.7. The Morgan fingerprint density at radius 3 is 1.01 bits per heavy atom. The summed E-state index contributed by atoms with van der Waals surface area (Å²) < 4.78 is 39.8. The standard InChI is InChI=1S/C68H125O11P/c1-4-7-10-13-16-19-22-25-28-31-32-35-38-41-44-47-50-53-56-59-68(72)79-65(61-75-66(70)57-54-51-48-45-42-39-36-33-29-26-23-20-17-14-11-8-5-2)63-77-80(73,74)76-62-64(60-69)78-67(71)58-55-52-49-46-43-40-37-34-30-27-24-21-18-15-12-9-6-3/h9,12,18,21,25,27-28,30,64-65,69H,4-8,10-11,13-17,19-20,22-24,26,29,31-63H2,1-3H3,(H,73,74)/b12-9-,21-18-,28-25-,30-27-. The fourth-order valence-corrected chi connectivity index (χ4v) is 10.4. The van der Waals surface area contributed by atoms with Crippen LogP contribution in [0.4, 0.5) is 0 Å². The molecule has 0 amide bonds. The predicted molar refractivity (Wildman–Crippen MR) is 335 cm³/mol. The summed E-state index contributed by atoms with van der Waals surface area (Å²) in [6, 6.07) is 0. The highest BCUT2D eigenvalue weighted by molar-refractivity contribution is 7.47. The minimum absolute atomic E-state index is 0.168. The molecule has 0 aliphatic heterocycles. The zero-order chi connectivity index (χ0) is 58.3. The van der Waals surface area contributed by atoms with Gasteiger partial charge in [-0.3, -0.25) is 23.4 Å². The fraction of sp³-hybridized carbons (Fsp3) is 0.838. The van der Waals surface area contributed by atoms with Crippen molar-refractivity contribution in [1.82, 2.24) is 0 Å². The van der Waals surface area contributed by atoms with E-state index in [-0.39, 0.29) is 25.9 Å². The average Bonchev–Trinajstić information content (AvgIpc) is 3.45. The number of phosphoric ester groups is 1. The molecule has 11 nitrogen and oxygen atoms in total. The van der Waals surface area contributed by atoms with Crippen molar-refractivity contribution in [3.05, 3.63) is 48.6 Å². The Morgan fingerprint density at radius 1 is 0.362 bits per heavy atom. The number of hydrogen-bond donors (Lipinski definition) is 2. The van der Waals surface area contributed by atoms with Crippen molar-refractivity contribution >= 4 is 25.7 Å². The maximum Gasteiger partial charge on any atom is 0.472 e. The van der Waals surface area contributed by atoms with E-state index in [9.17, 15) is 28.9 Å². The van der Waals surface area contributed by atoms with Crippen LogP contribution < -0.4 is 0 Å². The normalized spacial score (nSPS) is 13.5. The molecule has 0 rings (SSSR count). The monoisotopic (exact) mass is 1150 g/mol. The Kier molecular flexibility index (Phi) is 60.5.